The minimum atomic E-state index is -0.215. The first-order valence-electron chi connectivity index (χ1n) is 11.0. The van der Waals surface area contributed by atoms with Crippen LogP contribution in [-0.4, -0.2) is 19.2 Å². The van der Waals surface area contributed by atoms with Gasteiger partial charge in [0.05, 0.1) is 16.9 Å². The van der Waals surface area contributed by atoms with Crippen LogP contribution in [0.2, 0.25) is 10.0 Å². The Balaban J connectivity index is 1.57. The van der Waals surface area contributed by atoms with E-state index < -0.39 is 0 Å². The van der Waals surface area contributed by atoms with Crippen molar-refractivity contribution in [2.75, 3.05) is 0 Å². The summed E-state index contributed by atoms with van der Waals surface area (Å²) >= 11 is 12.3. The maximum atomic E-state index is 13.6. The first-order chi connectivity index (χ1) is 16.8. The molecule has 0 aliphatic carbocycles. The summed E-state index contributed by atoms with van der Waals surface area (Å²) in [4.78, 5) is 18.3. The number of benzene rings is 2. The number of aryl methyl sites for hydroxylation is 3. The van der Waals surface area contributed by atoms with Gasteiger partial charge >= 0.3 is 0 Å². The van der Waals surface area contributed by atoms with Crippen LogP contribution < -0.4 is 10.3 Å². The van der Waals surface area contributed by atoms with Gasteiger partial charge in [0.25, 0.3) is 5.56 Å². The van der Waals surface area contributed by atoms with E-state index in [0.29, 0.717) is 45.0 Å². The third-order valence-corrected chi connectivity index (χ3v) is 6.30. The van der Waals surface area contributed by atoms with Crippen molar-refractivity contribution in [3.8, 4) is 22.7 Å². The molecule has 3 heterocycles. The molecule has 0 bridgehead atoms. The van der Waals surface area contributed by atoms with E-state index in [1.54, 1.807) is 23.0 Å². The van der Waals surface area contributed by atoms with Crippen molar-refractivity contribution in [1.82, 2.24) is 19.2 Å². The molecule has 0 aliphatic rings. The van der Waals surface area contributed by atoms with Gasteiger partial charge in [-0.05, 0) is 74.4 Å². The summed E-state index contributed by atoms with van der Waals surface area (Å²) in [5.74, 6) is 0.510. The second-order valence-electron chi connectivity index (χ2n) is 8.38. The first kappa shape index (κ1) is 23.1. The molecule has 6 nitrogen and oxygen atoms in total. The zero-order valence-electron chi connectivity index (χ0n) is 19.4. The monoisotopic (exact) mass is 504 g/mol. The standard InChI is InChI=1S/C27H22Cl2N4O2/c1-16-9-10-21(29)14-23(16)33-17(2)12-22(31-33)25-18(3)30-26-24(8-5-11-32(26)27(25)34)35-15-19-6-4-7-20(28)13-19/h4-14H,15H2,1-3H3. The van der Waals surface area contributed by atoms with E-state index in [1.807, 2.05) is 69.3 Å². The molecule has 0 saturated heterocycles. The molecule has 35 heavy (non-hydrogen) atoms. The molecule has 5 aromatic rings. The fourth-order valence-corrected chi connectivity index (χ4v) is 4.47. The van der Waals surface area contributed by atoms with Gasteiger partial charge in [-0.3, -0.25) is 9.20 Å². The van der Waals surface area contributed by atoms with E-state index in [1.165, 1.54) is 4.40 Å². The highest BCUT2D eigenvalue weighted by Gasteiger charge is 2.19. The largest absolute Gasteiger partial charge is 0.485 e. The van der Waals surface area contributed by atoms with Crippen molar-refractivity contribution in [1.29, 1.82) is 0 Å². The lowest BCUT2D eigenvalue weighted by atomic mass is 10.1. The number of halogens is 2. The molecule has 0 aliphatic heterocycles. The van der Waals surface area contributed by atoms with Gasteiger partial charge in [0.2, 0.25) is 0 Å². The molecule has 0 saturated carbocycles. The SMILES string of the molecule is Cc1ccc(Cl)cc1-n1nc(-c2c(C)nc3c(OCc4cccc(Cl)c4)cccn3c2=O)cc1C. The summed E-state index contributed by atoms with van der Waals surface area (Å²) in [5.41, 5.74) is 5.49. The zero-order chi connectivity index (χ0) is 24.7. The van der Waals surface area contributed by atoms with Crippen molar-refractivity contribution in [3.05, 3.63) is 110 Å². The molecule has 0 unspecified atom stereocenters. The fraction of sp³-hybridized carbons (Fsp3) is 0.148. The summed E-state index contributed by atoms with van der Waals surface area (Å²) in [7, 11) is 0. The molecule has 0 radical (unpaired) electrons. The van der Waals surface area contributed by atoms with Crippen LogP contribution in [-0.2, 0) is 6.61 Å². The number of pyridine rings is 1. The minimum Gasteiger partial charge on any atom is -0.485 e. The minimum absolute atomic E-state index is 0.215. The van der Waals surface area contributed by atoms with Gasteiger partial charge in [-0.15, -0.1) is 0 Å². The van der Waals surface area contributed by atoms with Gasteiger partial charge in [-0.25, -0.2) is 9.67 Å². The molecule has 2 aromatic carbocycles. The number of fused-ring (bicyclic) bond motifs is 1. The Labute approximate surface area is 212 Å². The number of aromatic nitrogens is 4. The maximum Gasteiger partial charge on any atom is 0.267 e. The summed E-state index contributed by atoms with van der Waals surface area (Å²) in [6, 6.07) is 18.6. The Morgan fingerprint density at radius 3 is 2.54 bits per heavy atom. The third kappa shape index (κ3) is 4.43. The second kappa shape index (κ2) is 9.21. The van der Waals surface area contributed by atoms with Crippen molar-refractivity contribution in [3.63, 3.8) is 0 Å². The highest BCUT2D eigenvalue weighted by molar-refractivity contribution is 6.31. The average Bonchev–Trinajstić information content (AvgIpc) is 3.20. The van der Waals surface area contributed by atoms with Crippen LogP contribution >= 0.6 is 23.2 Å². The lowest BCUT2D eigenvalue weighted by Crippen LogP contribution is -2.19. The van der Waals surface area contributed by atoms with E-state index in [2.05, 4.69) is 0 Å². The van der Waals surface area contributed by atoms with Crippen LogP contribution in [0.4, 0.5) is 0 Å². The normalized spacial score (nSPS) is 11.2. The Bertz CT molecular complexity index is 1640. The van der Waals surface area contributed by atoms with E-state index in [0.717, 1.165) is 22.5 Å². The lowest BCUT2D eigenvalue weighted by molar-refractivity contribution is 0.308. The van der Waals surface area contributed by atoms with Gasteiger partial charge in [-0.2, -0.15) is 5.10 Å². The smallest absolute Gasteiger partial charge is 0.267 e. The molecule has 176 valence electrons. The Morgan fingerprint density at radius 2 is 1.74 bits per heavy atom. The average molecular weight is 505 g/mol. The van der Waals surface area contributed by atoms with Gasteiger partial charge < -0.3 is 4.74 Å². The molecule has 0 atom stereocenters. The van der Waals surface area contributed by atoms with Crippen LogP contribution in [0.15, 0.2) is 71.7 Å². The predicted octanol–water partition coefficient (Wildman–Crippen LogP) is 6.36. The highest BCUT2D eigenvalue weighted by Crippen LogP contribution is 2.26. The quantitative estimate of drug-likeness (QED) is 0.279. The molecule has 0 N–H and O–H groups in total. The number of nitrogens with zero attached hydrogens (tertiary/aromatic N) is 4. The predicted molar refractivity (Wildman–Crippen MR) is 139 cm³/mol. The molecule has 0 fully saturated rings. The molecular formula is C27H22Cl2N4O2. The fourth-order valence-electron chi connectivity index (χ4n) is 4.09. The summed E-state index contributed by atoms with van der Waals surface area (Å²) in [6.07, 6.45) is 1.69. The lowest BCUT2D eigenvalue weighted by Gasteiger charge is -2.12. The van der Waals surface area contributed by atoms with Gasteiger partial charge in [0, 0.05) is 21.9 Å². The number of hydrogen-bond donors (Lipinski definition) is 0. The molecule has 3 aromatic heterocycles. The van der Waals surface area contributed by atoms with E-state index >= 15 is 0 Å². The van der Waals surface area contributed by atoms with E-state index in [9.17, 15) is 4.79 Å². The van der Waals surface area contributed by atoms with Gasteiger partial charge in [-0.1, -0.05) is 41.4 Å². The van der Waals surface area contributed by atoms with Crippen LogP contribution in [0, 0.1) is 20.8 Å². The summed E-state index contributed by atoms with van der Waals surface area (Å²) < 4.78 is 9.30. The highest BCUT2D eigenvalue weighted by atomic mass is 35.5. The Kier molecular flexibility index (Phi) is 6.09. The van der Waals surface area contributed by atoms with Gasteiger partial charge in [0.15, 0.2) is 11.4 Å². The molecule has 0 spiro atoms. The first-order valence-corrected chi connectivity index (χ1v) is 11.8. The Morgan fingerprint density at radius 1 is 0.943 bits per heavy atom. The summed E-state index contributed by atoms with van der Waals surface area (Å²) in [6.45, 7) is 6.05. The number of hydrogen-bond acceptors (Lipinski definition) is 4. The van der Waals surface area contributed by atoms with Crippen LogP contribution in [0.5, 0.6) is 5.75 Å². The third-order valence-electron chi connectivity index (χ3n) is 5.83. The van der Waals surface area contributed by atoms with E-state index in [4.69, 9.17) is 38.0 Å². The van der Waals surface area contributed by atoms with Crippen molar-refractivity contribution < 1.29 is 4.74 Å². The summed E-state index contributed by atoms with van der Waals surface area (Å²) in [5, 5.41) is 6.01. The maximum absolute atomic E-state index is 13.6. The topological polar surface area (TPSA) is 61.4 Å². The van der Waals surface area contributed by atoms with Gasteiger partial charge in [0.1, 0.15) is 12.3 Å². The zero-order valence-corrected chi connectivity index (χ0v) is 20.9. The number of ether oxygens (including phenoxy) is 1. The number of rotatable bonds is 5. The molecule has 0 amide bonds. The van der Waals surface area contributed by atoms with Crippen molar-refractivity contribution >= 4 is 28.8 Å². The van der Waals surface area contributed by atoms with Crippen molar-refractivity contribution in [2.45, 2.75) is 27.4 Å². The second-order valence-corrected chi connectivity index (χ2v) is 9.25. The molecule has 8 heteroatoms. The van der Waals surface area contributed by atoms with E-state index in [-0.39, 0.29) is 5.56 Å². The van der Waals surface area contributed by atoms with Crippen molar-refractivity contribution in [2.24, 2.45) is 0 Å². The molecule has 5 rings (SSSR count). The van der Waals surface area contributed by atoms with Crippen LogP contribution in [0.3, 0.4) is 0 Å². The Hall–Kier alpha value is -3.61. The van der Waals surface area contributed by atoms with Crippen LogP contribution in [0.1, 0.15) is 22.5 Å². The van der Waals surface area contributed by atoms with Crippen LogP contribution in [0.25, 0.3) is 22.6 Å². The molecular weight excluding hydrogens is 483 g/mol.